The summed E-state index contributed by atoms with van der Waals surface area (Å²) in [7, 11) is 2.07. The fourth-order valence-corrected chi connectivity index (χ4v) is 3.45. The van der Waals surface area contributed by atoms with Gasteiger partial charge in [0.1, 0.15) is 12.7 Å². The molecule has 1 aromatic heterocycles. The maximum atomic E-state index is 4.84. The molecule has 7 heteroatoms. The van der Waals surface area contributed by atoms with E-state index in [1.807, 2.05) is 4.68 Å². The summed E-state index contributed by atoms with van der Waals surface area (Å²) in [4.78, 5) is 12.3. The van der Waals surface area contributed by atoms with Crippen molar-refractivity contribution in [1.82, 2.24) is 25.0 Å². The first-order valence-corrected chi connectivity index (χ1v) is 10.9. The first-order valence-electron chi connectivity index (χ1n) is 9.70. The highest BCUT2D eigenvalue weighted by atomic mass is 32.2. The van der Waals surface area contributed by atoms with Gasteiger partial charge in [-0.15, -0.1) is 11.8 Å². The van der Waals surface area contributed by atoms with Crippen molar-refractivity contribution in [1.29, 1.82) is 0 Å². The van der Waals surface area contributed by atoms with Crippen LogP contribution < -0.4 is 5.32 Å². The summed E-state index contributed by atoms with van der Waals surface area (Å²) in [6, 6.07) is 17.1. The first kappa shape index (κ1) is 20.9. The molecule has 0 saturated heterocycles. The van der Waals surface area contributed by atoms with E-state index in [9.17, 15) is 0 Å². The zero-order valence-electron chi connectivity index (χ0n) is 17.2. The van der Waals surface area contributed by atoms with Crippen LogP contribution in [0.1, 0.15) is 23.6 Å². The Bertz CT molecular complexity index is 905. The molecule has 1 N–H and O–H groups in total. The molecule has 152 valence electrons. The lowest BCUT2D eigenvalue weighted by Gasteiger charge is -2.22. The second kappa shape index (κ2) is 10.7. The monoisotopic (exact) mass is 408 g/mol. The fraction of sp³-hybridized carbons (Fsp3) is 0.318. The Hall–Kier alpha value is -2.80. The van der Waals surface area contributed by atoms with Crippen molar-refractivity contribution >= 4 is 17.7 Å². The Balaban J connectivity index is 1.66. The highest BCUT2D eigenvalue weighted by Gasteiger charge is 2.07. The molecule has 0 radical (unpaired) electrons. The van der Waals surface area contributed by atoms with Crippen LogP contribution in [-0.2, 0) is 19.6 Å². The lowest BCUT2D eigenvalue weighted by molar-refractivity contribution is 0.476. The van der Waals surface area contributed by atoms with Gasteiger partial charge in [0.15, 0.2) is 5.96 Å². The Morgan fingerprint density at radius 1 is 1.14 bits per heavy atom. The maximum Gasteiger partial charge on any atom is 0.194 e. The van der Waals surface area contributed by atoms with E-state index in [0.717, 1.165) is 19.0 Å². The predicted octanol–water partition coefficient (Wildman–Crippen LogP) is 3.65. The molecular formula is C22H28N6S. The minimum atomic E-state index is 0.628. The number of aromatic nitrogens is 3. The van der Waals surface area contributed by atoms with Crippen LogP contribution in [0.15, 0.2) is 71.1 Å². The summed E-state index contributed by atoms with van der Waals surface area (Å²) in [5.74, 6) is 0.906. The van der Waals surface area contributed by atoms with Gasteiger partial charge in [-0.3, -0.25) is 0 Å². The van der Waals surface area contributed by atoms with Gasteiger partial charge >= 0.3 is 0 Å². The molecule has 0 fully saturated rings. The average molecular weight is 409 g/mol. The van der Waals surface area contributed by atoms with Crippen molar-refractivity contribution in [2.45, 2.75) is 31.5 Å². The van der Waals surface area contributed by atoms with Gasteiger partial charge in [0.05, 0.1) is 13.1 Å². The van der Waals surface area contributed by atoms with Gasteiger partial charge in [-0.2, -0.15) is 5.10 Å². The van der Waals surface area contributed by atoms with Crippen LogP contribution >= 0.6 is 11.8 Å². The summed E-state index contributed by atoms with van der Waals surface area (Å²) in [6.45, 7) is 5.08. The molecule has 0 aliphatic rings. The zero-order chi connectivity index (χ0) is 20.5. The lowest BCUT2D eigenvalue weighted by atomic mass is 10.1. The van der Waals surface area contributed by atoms with Gasteiger partial charge in [0.25, 0.3) is 0 Å². The van der Waals surface area contributed by atoms with Crippen LogP contribution in [0.2, 0.25) is 0 Å². The van der Waals surface area contributed by atoms with Crippen LogP contribution in [0.4, 0.5) is 0 Å². The minimum Gasteiger partial charge on any atom is -0.357 e. The number of benzene rings is 2. The van der Waals surface area contributed by atoms with E-state index in [1.165, 1.54) is 21.6 Å². The van der Waals surface area contributed by atoms with Crippen molar-refractivity contribution in [3.05, 3.63) is 77.9 Å². The minimum absolute atomic E-state index is 0.628. The van der Waals surface area contributed by atoms with E-state index in [2.05, 4.69) is 89.1 Å². The van der Waals surface area contributed by atoms with Gasteiger partial charge in [0, 0.05) is 25.0 Å². The summed E-state index contributed by atoms with van der Waals surface area (Å²) in [6.07, 6.45) is 5.38. The van der Waals surface area contributed by atoms with Crippen LogP contribution in [-0.4, -0.2) is 45.5 Å². The lowest BCUT2D eigenvalue weighted by Crippen LogP contribution is -2.38. The van der Waals surface area contributed by atoms with E-state index in [-0.39, 0.29) is 0 Å². The van der Waals surface area contributed by atoms with E-state index >= 15 is 0 Å². The van der Waals surface area contributed by atoms with Crippen molar-refractivity contribution in [2.75, 3.05) is 19.8 Å². The summed E-state index contributed by atoms with van der Waals surface area (Å²) < 4.78 is 1.82. The normalized spacial score (nSPS) is 11.5. The summed E-state index contributed by atoms with van der Waals surface area (Å²) >= 11 is 1.76. The predicted molar refractivity (Wildman–Crippen MR) is 120 cm³/mol. The van der Waals surface area contributed by atoms with Gasteiger partial charge in [0.2, 0.25) is 0 Å². The molecule has 0 unspecified atom stereocenters. The third-order valence-corrected chi connectivity index (χ3v) is 5.23. The third kappa shape index (κ3) is 6.35. The molecule has 0 atom stereocenters. The molecule has 1 heterocycles. The third-order valence-electron chi connectivity index (χ3n) is 4.49. The molecule has 0 saturated carbocycles. The van der Waals surface area contributed by atoms with E-state index in [1.54, 1.807) is 24.4 Å². The molecule has 3 rings (SSSR count). The molecule has 0 aliphatic carbocycles. The second-order valence-corrected chi connectivity index (χ2v) is 7.67. The summed E-state index contributed by atoms with van der Waals surface area (Å²) in [5, 5.41) is 7.57. The number of nitrogens with one attached hydrogen (secondary N) is 1. The smallest absolute Gasteiger partial charge is 0.194 e. The number of hydrogen-bond donors (Lipinski definition) is 1. The van der Waals surface area contributed by atoms with Crippen LogP contribution in [0.25, 0.3) is 0 Å². The number of rotatable bonds is 8. The van der Waals surface area contributed by atoms with E-state index in [0.29, 0.717) is 13.1 Å². The van der Waals surface area contributed by atoms with Crippen LogP contribution in [0.5, 0.6) is 0 Å². The second-order valence-electron chi connectivity index (χ2n) is 6.79. The van der Waals surface area contributed by atoms with Gasteiger partial charge in [-0.05, 0) is 42.0 Å². The SMILES string of the molecule is CCNC(=NCc1cccc(Cn2cncn2)c1)N(C)Cc1ccc(SC)cc1. The molecule has 3 aromatic rings. The van der Waals surface area contributed by atoms with Gasteiger partial charge in [-0.25, -0.2) is 14.7 Å². The fourth-order valence-electron chi connectivity index (χ4n) is 3.04. The average Bonchev–Trinajstić information content (AvgIpc) is 3.25. The Kier molecular flexibility index (Phi) is 7.69. The molecule has 0 amide bonds. The molecule has 0 spiro atoms. The molecule has 2 aromatic carbocycles. The maximum absolute atomic E-state index is 4.84. The first-order chi connectivity index (χ1) is 14.2. The quantitative estimate of drug-likeness (QED) is 0.350. The van der Waals surface area contributed by atoms with E-state index < -0.39 is 0 Å². The van der Waals surface area contributed by atoms with Crippen molar-refractivity contribution in [3.63, 3.8) is 0 Å². The van der Waals surface area contributed by atoms with Gasteiger partial charge < -0.3 is 10.2 Å². The summed E-state index contributed by atoms with van der Waals surface area (Å²) in [5.41, 5.74) is 3.64. The molecule has 0 bridgehead atoms. The van der Waals surface area contributed by atoms with Crippen molar-refractivity contribution in [2.24, 2.45) is 4.99 Å². The molecule has 29 heavy (non-hydrogen) atoms. The van der Waals surface area contributed by atoms with Crippen LogP contribution in [0, 0.1) is 0 Å². The number of hydrogen-bond acceptors (Lipinski definition) is 4. The topological polar surface area (TPSA) is 58.3 Å². The molecule has 6 nitrogen and oxygen atoms in total. The van der Waals surface area contributed by atoms with Crippen LogP contribution in [0.3, 0.4) is 0 Å². The highest BCUT2D eigenvalue weighted by Crippen LogP contribution is 2.16. The molecule has 0 aliphatic heterocycles. The van der Waals surface area contributed by atoms with Crippen molar-refractivity contribution in [3.8, 4) is 0 Å². The number of thioether (sulfide) groups is 1. The van der Waals surface area contributed by atoms with E-state index in [4.69, 9.17) is 4.99 Å². The number of guanidine groups is 1. The standard InChI is InChI=1S/C22H28N6S/c1-4-24-22(27(2)14-18-8-10-21(29-3)11-9-18)25-13-19-6-5-7-20(12-19)15-28-17-23-16-26-28/h5-12,16-17H,4,13-15H2,1-3H3,(H,24,25). The molecular weight excluding hydrogens is 380 g/mol. The Morgan fingerprint density at radius 3 is 2.62 bits per heavy atom. The Labute approximate surface area is 177 Å². The number of aliphatic imine (C=N–C) groups is 1. The Morgan fingerprint density at radius 2 is 1.93 bits per heavy atom. The number of nitrogens with zero attached hydrogens (tertiary/aromatic N) is 5. The highest BCUT2D eigenvalue weighted by molar-refractivity contribution is 7.98. The largest absolute Gasteiger partial charge is 0.357 e. The van der Waals surface area contributed by atoms with Crippen molar-refractivity contribution < 1.29 is 0 Å². The van der Waals surface area contributed by atoms with Gasteiger partial charge in [-0.1, -0.05) is 36.4 Å². The zero-order valence-corrected chi connectivity index (χ0v) is 18.1.